The first-order valence-corrected chi connectivity index (χ1v) is 14.7. The smallest absolute Gasteiger partial charge is 0.294 e. The predicted molar refractivity (Wildman–Crippen MR) is 160 cm³/mol. The van der Waals surface area contributed by atoms with Crippen LogP contribution in [0.15, 0.2) is 100 Å². The second kappa shape index (κ2) is 12.9. The van der Waals surface area contributed by atoms with E-state index >= 15 is 0 Å². The van der Waals surface area contributed by atoms with Gasteiger partial charge in [-0.15, -0.1) is 14.6 Å². The summed E-state index contributed by atoms with van der Waals surface area (Å²) in [5.74, 6) is -6.37. The lowest BCUT2D eigenvalue weighted by atomic mass is 10.1. The molecule has 5 rings (SSSR count). The number of azo groups is 2. The quantitative estimate of drug-likeness (QED) is 0.0214. The molecular formula is C27H18N4O14S2. The van der Waals surface area contributed by atoms with E-state index in [4.69, 9.17) is 9.67 Å². The highest BCUT2D eigenvalue weighted by Crippen LogP contribution is 2.52. The van der Waals surface area contributed by atoms with Crippen LogP contribution in [0.1, 0.15) is 0 Å². The van der Waals surface area contributed by atoms with Crippen LogP contribution in [0.4, 0.5) is 22.7 Å². The third-order valence-corrected chi connectivity index (χ3v) is 7.67. The second-order valence-electron chi connectivity index (χ2n) is 9.16. The fourth-order valence-electron chi connectivity index (χ4n) is 4.00. The molecule has 0 saturated heterocycles. The maximum absolute atomic E-state index is 13.4. The molecule has 0 fully saturated rings. The largest absolute Gasteiger partial charge is 0.505 e. The number of phenols is 5. The number of rotatable bonds is 9. The van der Waals surface area contributed by atoms with Crippen LogP contribution in [-0.4, -0.2) is 48.9 Å². The summed E-state index contributed by atoms with van der Waals surface area (Å²) >= 11 is 0.664. The Balaban J connectivity index is 1.71. The highest BCUT2D eigenvalue weighted by Gasteiger charge is 2.28. The molecule has 1 heterocycles. The Morgan fingerprint density at radius 3 is 1.81 bits per heavy atom. The van der Waals surface area contributed by atoms with Gasteiger partial charge in [-0.25, -0.2) is 5.26 Å². The fourth-order valence-corrected chi connectivity index (χ4v) is 4.84. The number of fused-ring (bicyclic) bond motifs is 1. The van der Waals surface area contributed by atoms with E-state index in [0.29, 0.717) is 16.9 Å². The minimum absolute atomic E-state index is 0.0236. The molecular weight excluding hydrogens is 668 g/mol. The molecule has 242 valence electrons. The average molecular weight is 687 g/mol. The topological polar surface area (TPSA) is 294 Å². The highest BCUT2D eigenvalue weighted by molar-refractivity contribution is 7.94. The van der Waals surface area contributed by atoms with Crippen molar-refractivity contribution < 1.29 is 62.7 Å². The van der Waals surface area contributed by atoms with E-state index in [2.05, 4.69) is 29.8 Å². The van der Waals surface area contributed by atoms with Crippen LogP contribution in [0.3, 0.4) is 0 Å². The molecule has 0 aliphatic rings. The van der Waals surface area contributed by atoms with Crippen molar-refractivity contribution in [3.05, 3.63) is 70.9 Å². The van der Waals surface area contributed by atoms with Crippen LogP contribution < -0.4 is 5.43 Å². The first kappa shape index (κ1) is 32.6. The van der Waals surface area contributed by atoms with Crippen molar-refractivity contribution in [1.29, 1.82) is 0 Å². The molecule has 8 N–H and O–H groups in total. The lowest BCUT2D eigenvalue weighted by molar-refractivity contribution is -0.432. The monoisotopic (exact) mass is 686 g/mol. The van der Waals surface area contributed by atoms with Crippen molar-refractivity contribution >= 4 is 55.9 Å². The van der Waals surface area contributed by atoms with Crippen molar-refractivity contribution in [2.24, 2.45) is 20.5 Å². The summed E-state index contributed by atoms with van der Waals surface area (Å²) < 4.78 is 41.9. The predicted octanol–water partition coefficient (Wildman–Crippen LogP) is 6.20. The summed E-state index contributed by atoms with van der Waals surface area (Å²) in [7, 11) is -4.53. The van der Waals surface area contributed by atoms with Gasteiger partial charge in [0, 0.05) is 10.5 Å². The van der Waals surface area contributed by atoms with E-state index in [1.807, 2.05) is 0 Å². The number of aromatic hydroxyl groups is 6. The van der Waals surface area contributed by atoms with E-state index in [1.165, 1.54) is 24.3 Å². The summed E-state index contributed by atoms with van der Waals surface area (Å²) in [6.07, 6.45) is 0. The van der Waals surface area contributed by atoms with Crippen molar-refractivity contribution in [3.63, 3.8) is 0 Å². The zero-order chi connectivity index (χ0) is 34.0. The molecule has 0 unspecified atom stereocenters. The summed E-state index contributed by atoms with van der Waals surface area (Å²) in [6.45, 7) is 0. The Morgan fingerprint density at radius 2 is 1.26 bits per heavy atom. The molecule has 47 heavy (non-hydrogen) atoms. The Labute approximate surface area is 265 Å². The third kappa shape index (κ3) is 6.62. The summed E-state index contributed by atoms with van der Waals surface area (Å²) in [4.78, 5) is 13.4. The van der Waals surface area contributed by atoms with Gasteiger partial charge in [0.05, 0.1) is 28.3 Å². The van der Waals surface area contributed by atoms with E-state index in [-0.39, 0.29) is 16.9 Å². The molecule has 20 heteroatoms. The van der Waals surface area contributed by atoms with Crippen LogP contribution in [0.2, 0.25) is 0 Å². The number of hydrogen-bond donors (Lipinski definition) is 8. The Hall–Kier alpha value is -5.77. The Bertz CT molecular complexity index is 2220. The maximum atomic E-state index is 13.4. The van der Waals surface area contributed by atoms with E-state index in [0.717, 1.165) is 36.4 Å². The standard InChI is InChI=1S/C27H18N4O14S2/c32-16-9-11(10-17(33)21(16)34)26-25(38)23(36)18-22(35)19(30-28-12-1-5-14(6-2-12)46-45-44-39)24(37)20(27(18)43-26)31-29-13-3-7-15(8-4-13)47(40,41)42/h1-10,32-35,37-39H,(H,40,41,42). The average Bonchev–Trinajstić information content (AvgIpc) is 3.04. The molecule has 4 aromatic carbocycles. The van der Waals surface area contributed by atoms with Gasteiger partial charge in [-0.2, -0.15) is 18.6 Å². The third-order valence-electron chi connectivity index (χ3n) is 6.21. The Kier molecular flexibility index (Phi) is 8.97. The zero-order valence-electron chi connectivity index (χ0n) is 22.9. The summed E-state index contributed by atoms with van der Waals surface area (Å²) in [6, 6.07) is 11.8. The van der Waals surface area contributed by atoms with E-state index < -0.39 is 83.0 Å². The number of hydrogen-bond acceptors (Lipinski definition) is 18. The molecule has 0 aliphatic heterocycles. The first-order chi connectivity index (χ1) is 22.3. The number of nitrogens with zero attached hydrogens (tertiary/aromatic N) is 4. The minimum Gasteiger partial charge on any atom is -0.505 e. The van der Waals surface area contributed by atoms with Crippen molar-refractivity contribution in [2.75, 3.05) is 0 Å². The summed E-state index contributed by atoms with van der Waals surface area (Å²) in [5.41, 5.74) is -3.51. The minimum atomic E-state index is -4.53. The molecule has 0 radical (unpaired) electrons. The SMILES string of the molecule is O=c1c(O)c(-c2cc(O)c(O)c(O)c2)oc2c(N=Nc3ccc(S(=O)(=O)O)cc3)c(O)c(N=Nc3ccc(SOOO)cc3)c(O)c12. The zero-order valence-corrected chi connectivity index (χ0v) is 24.5. The lowest BCUT2D eigenvalue weighted by Gasteiger charge is -2.12. The molecule has 0 bridgehead atoms. The van der Waals surface area contributed by atoms with Gasteiger partial charge in [0.15, 0.2) is 51.5 Å². The Morgan fingerprint density at radius 1 is 0.702 bits per heavy atom. The molecule has 0 aliphatic carbocycles. The van der Waals surface area contributed by atoms with Crippen molar-refractivity contribution in [3.8, 4) is 45.8 Å². The molecule has 0 spiro atoms. The molecule has 18 nitrogen and oxygen atoms in total. The summed E-state index contributed by atoms with van der Waals surface area (Å²) in [5, 5.41) is 89.2. The highest BCUT2D eigenvalue weighted by atomic mass is 32.2. The normalized spacial score (nSPS) is 12.0. The second-order valence-corrected chi connectivity index (χ2v) is 11.4. The van der Waals surface area contributed by atoms with Crippen LogP contribution in [-0.2, 0) is 19.5 Å². The van der Waals surface area contributed by atoms with E-state index in [9.17, 15) is 48.4 Å². The molecule has 0 atom stereocenters. The molecule has 0 amide bonds. The van der Waals surface area contributed by atoms with Crippen molar-refractivity contribution in [2.45, 2.75) is 9.79 Å². The number of phenolic OH excluding ortho intramolecular Hbond substituents is 5. The maximum Gasteiger partial charge on any atom is 0.294 e. The van der Waals surface area contributed by atoms with Gasteiger partial charge < -0.3 is 35.1 Å². The molecule has 1 aromatic heterocycles. The van der Waals surface area contributed by atoms with Gasteiger partial charge in [0.2, 0.25) is 11.2 Å². The van der Waals surface area contributed by atoms with Gasteiger partial charge in [-0.1, -0.05) is 5.04 Å². The van der Waals surface area contributed by atoms with Crippen LogP contribution in [0, 0.1) is 0 Å². The fraction of sp³-hybridized carbons (Fsp3) is 0. The van der Waals surface area contributed by atoms with E-state index in [1.54, 1.807) is 0 Å². The van der Waals surface area contributed by atoms with Crippen LogP contribution in [0.25, 0.3) is 22.3 Å². The van der Waals surface area contributed by atoms with Crippen molar-refractivity contribution in [1.82, 2.24) is 0 Å². The van der Waals surface area contributed by atoms with Gasteiger partial charge in [0.25, 0.3) is 10.1 Å². The van der Waals surface area contributed by atoms with Gasteiger partial charge >= 0.3 is 0 Å². The number of benzene rings is 4. The molecule has 5 aromatic rings. The van der Waals surface area contributed by atoms with Crippen LogP contribution in [0.5, 0.6) is 34.5 Å². The molecule has 0 saturated carbocycles. The van der Waals surface area contributed by atoms with Gasteiger partial charge in [0.1, 0.15) is 5.39 Å². The lowest BCUT2D eigenvalue weighted by Crippen LogP contribution is -2.03. The van der Waals surface area contributed by atoms with Crippen LogP contribution >= 0.6 is 12.0 Å². The van der Waals surface area contributed by atoms with Gasteiger partial charge in [-0.05, 0) is 60.7 Å². The first-order valence-electron chi connectivity index (χ1n) is 12.5. The van der Waals surface area contributed by atoms with Gasteiger partial charge in [-0.3, -0.25) is 9.35 Å².